The molecule has 0 bridgehead atoms. The van der Waals surface area contributed by atoms with Crippen molar-refractivity contribution in [2.45, 2.75) is 426 Å². The average Bonchev–Trinajstić information content (AvgIpc) is 0.931. The predicted molar refractivity (Wildman–Crippen MR) is 400 cm³/mol. The summed E-state index contributed by atoms with van der Waals surface area (Å²) in [6.45, 7) is 12.0. The number of phosphoric ester groups is 2. The van der Waals surface area contributed by atoms with E-state index in [1.54, 1.807) is 0 Å². The fourth-order valence-corrected chi connectivity index (χ4v) is 13.6. The predicted octanol–water partition coefficient (Wildman–Crippen LogP) is 23.4. The van der Waals surface area contributed by atoms with E-state index in [4.69, 9.17) is 37.0 Å². The summed E-state index contributed by atoms with van der Waals surface area (Å²) in [4.78, 5) is 72.9. The highest BCUT2D eigenvalue weighted by atomic mass is 31.2. The number of rotatable bonds is 77. The quantitative estimate of drug-likeness (QED) is 0.0222. The number of unbranched alkanes of at least 4 members (excludes halogenated alkanes) is 43. The average molecular weight is 1440 g/mol. The number of phosphoric acid groups is 2. The summed E-state index contributed by atoms with van der Waals surface area (Å²) in [7, 11) is -9.91. The number of carbonyl (C=O) groups excluding carboxylic acids is 4. The second-order valence-corrected chi connectivity index (χ2v) is 32.3. The second kappa shape index (κ2) is 69.4. The SMILES string of the molecule is CCCCCCCCCCCC(=O)OC[C@H](COP(=O)(O)OC[C@H](O)COP(=O)(O)OC[C@@H](COC(=O)CCCCCCCCCCCCCCC(C)C)OC(=O)CCCCCCCCCCCCCCCCCCCCC(C)CC)OC(=O)CCCCCCCCCCC(C)CC. The molecule has 0 aromatic heterocycles. The molecule has 0 saturated carbocycles. The van der Waals surface area contributed by atoms with Crippen LogP contribution in [0.15, 0.2) is 0 Å². The van der Waals surface area contributed by atoms with Crippen molar-refractivity contribution >= 4 is 39.5 Å². The zero-order valence-electron chi connectivity index (χ0n) is 64.3. The van der Waals surface area contributed by atoms with Gasteiger partial charge in [-0.15, -0.1) is 0 Å². The van der Waals surface area contributed by atoms with Gasteiger partial charge in [0.05, 0.1) is 26.4 Å². The molecule has 0 aliphatic carbocycles. The van der Waals surface area contributed by atoms with E-state index in [-0.39, 0.29) is 25.7 Å². The Morgan fingerprint density at radius 2 is 0.520 bits per heavy atom. The monoisotopic (exact) mass is 1440 g/mol. The molecule has 0 amide bonds. The fraction of sp³-hybridized carbons (Fsp3) is 0.949. The van der Waals surface area contributed by atoms with Crippen LogP contribution in [0.25, 0.3) is 0 Å². The lowest BCUT2D eigenvalue weighted by atomic mass is 9.99. The van der Waals surface area contributed by atoms with Crippen molar-refractivity contribution in [3.63, 3.8) is 0 Å². The third kappa shape index (κ3) is 69.8. The molecule has 0 radical (unpaired) electrons. The van der Waals surface area contributed by atoms with Crippen molar-refractivity contribution in [3.8, 4) is 0 Å². The Balaban J connectivity index is 5.20. The largest absolute Gasteiger partial charge is 0.472 e. The Bertz CT molecular complexity index is 1910. The first-order valence-corrected chi connectivity index (χ1v) is 43.9. The molecule has 0 fully saturated rings. The number of ether oxygens (including phenoxy) is 4. The molecule has 98 heavy (non-hydrogen) atoms. The number of hydrogen-bond acceptors (Lipinski definition) is 15. The lowest BCUT2D eigenvalue weighted by molar-refractivity contribution is -0.161. The molecule has 4 unspecified atom stereocenters. The molecular weight excluding hydrogens is 1280 g/mol. The van der Waals surface area contributed by atoms with Gasteiger partial charge in [-0.1, -0.05) is 357 Å². The number of aliphatic hydroxyl groups is 1. The molecular formula is C79H154O17P2. The van der Waals surface area contributed by atoms with E-state index < -0.39 is 97.5 Å². The molecule has 0 rings (SSSR count). The van der Waals surface area contributed by atoms with Crippen LogP contribution in [0.1, 0.15) is 408 Å². The minimum Gasteiger partial charge on any atom is -0.462 e. The van der Waals surface area contributed by atoms with Crippen LogP contribution in [0.2, 0.25) is 0 Å². The summed E-state index contributed by atoms with van der Waals surface area (Å²) in [5, 5.41) is 10.6. The minimum absolute atomic E-state index is 0.105. The highest BCUT2D eigenvalue weighted by molar-refractivity contribution is 7.47. The fourth-order valence-electron chi connectivity index (χ4n) is 12.1. The van der Waals surface area contributed by atoms with Gasteiger partial charge in [-0.05, 0) is 43.4 Å². The van der Waals surface area contributed by atoms with Crippen LogP contribution in [0.3, 0.4) is 0 Å². The topological polar surface area (TPSA) is 237 Å². The molecule has 582 valence electrons. The van der Waals surface area contributed by atoms with E-state index in [9.17, 15) is 43.2 Å². The van der Waals surface area contributed by atoms with E-state index in [2.05, 4.69) is 48.5 Å². The molecule has 0 heterocycles. The normalized spacial score (nSPS) is 14.6. The summed E-state index contributed by atoms with van der Waals surface area (Å²) < 4.78 is 68.6. The summed E-state index contributed by atoms with van der Waals surface area (Å²) in [5.41, 5.74) is 0. The summed E-state index contributed by atoms with van der Waals surface area (Å²) in [6, 6.07) is 0. The van der Waals surface area contributed by atoms with E-state index in [1.807, 2.05) is 0 Å². The number of carbonyl (C=O) groups is 4. The Hall–Kier alpha value is -1.94. The summed E-state index contributed by atoms with van der Waals surface area (Å²) in [5.74, 6) is 0.306. The van der Waals surface area contributed by atoms with Gasteiger partial charge in [0.1, 0.15) is 19.3 Å². The molecule has 3 N–H and O–H groups in total. The van der Waals surface area contributed by atoms with Gasteiger partial charge >= 0.3 is 39.5 Å². The number of esters is 4. The Kier molecular flexibility index (Phi) is 68.1. The van der Waals surface area contributed by atoms with Crippen molar-refractivity contribution in [1.29, 1.82) is 0 Å². The molecule has 0 aromatic carbocycles. The van der Waals surface area contributed by atoms with Crippen LogP contribution in [-0.4, -0.2) is 96.7 Å². The maximum absolute atomic E-state index is 13.1. The second-order valence-electron chi connectivity index (χ2n) is 29.4. The van der Waals surface area contributed by atoms with E-state index in [0.717, 1.165) is 108 Å². The van der Waals surface area contributed by atoms with Crippen molar-refractivity contribution in [2.24, 2.45) is 17.8 Å². The molecule has 0 saturated heterocycles. The van der Waals surface area contributed by atoms with Crippen LogP contribution in [0.4, 0.5) is 0 Å². The van der Waals surface area contributed by atoms with Gasteiger partial charge in [0.25, 0.3) is 0 Å². The Morgan fingerprint density at radius 1 is 0.296 bits per heavy atom. The molecule has 19 heteroatoms. The van der Waals surface area contributed by atoms with E-state index >= 15 is 0 Å². The van der Waals surface area contributed by atoms with Crippen LogP contribution in [0, 0.1) is 17.8 Å². The highest BCUT2D eigenvalue weighted by Crippen LogP contribution is 2.45. The van der Waals surface area contributed by atoms with Gasteiger partial charge in [0.2, 0.25) is 0 Å². The minimum atomic E-state index is -4.96. The molecule has 0 aliphatic heterocycles. The summed E-state index contributed by atoms with van der Waals surface area (Å²) in [6.07, 6.45) is 56.9. The van der Waals surface area contributed by atoms with Gasteiger partial charge < -0.3 is 33.8 Å². The Labute approximate surface area is 600 Å². The smallest absolute Gasteiger partial charge is 0.462 e. The van der Waals surface area contributed by atoms with Crippen LogP contribution >= 0.6 is 15.6 Å². The maximum Gasteiger partial charge on any atom is 0.472 e. The number of aliphatic hydroxyl groups excluding tert-OH is 1. The highest BCUT2D eigenvalue weighted by Gasteiger charge is 2.30. The molecule has 0 spiro atoms. The van der Waals surface area contributed by atoms with Gasteiger partial charge in [-0.25, -0.2) is 9.13 Å². The van der Waals surface area contributed by atoms with Crippen molar-refractivity contribution in [2.75, 3.05) is 39.6 Å². The first-order valence-electron chi connectivity index (χ1n) is 40.9. The first kappa shape index (κ1) is 96.1. The van der Waals surface area contributed by atoms with Crippen LogP contribution in [-0.2, 0) is 65.4 Å². The Morgan fingerprint density at radius 3 is 0.776 bits per heavy atom. The van der Waals surface area contributed by atoms with Crippen LogP contribution in [0.5, 0.6) is 0 Å². The lowest BCUT2D eigenvalue weighted by Crippen LogP contribution is -2.30. The molecule has 0 aromatic rings. The lowest BCUT2D eigenvalue weighted by Gasteiger charge is -2.21. The summed E-state index contributed by atoms with van der Waals surface area (Å²) >= 11 is 0. The maximum atomic E-state index is 13.1. The molecule has 7 atom stereocenters. The number of hydrogen-bond donors (Lipinski definition) is 3. The zero-order chi connectivity index (χ0) is 72.3. The standard InChI is InChI=1S/C79H154O17P2/c1-8-11-12-13-14-29-39-46-53-60-76(81)89-66-75(96-79(84)63-56-49-42-35-34-38-45-52-59-72(7)10-3)69-94-98(87,88)92-65-73(80)64-91-97(85,86)93-68-74(67-90-77(82)61-54-47-40-32-27-24-23-25-30-36-43-50-57-70(4)5)95-78(83)62-55-48-41-33-28-22-20-18-16-15-17-19-21-26-31-37-44-51-58-71(6)9-2/h70-75,80H,8-69H2,1-7H3,(H,85,86)(H,87,88)/t71?,72?,73-,74-,75-/m1/s1. The van der Waals surface area contributed by atoms with Gasteiger partial charge in [0, 0.05) is 25.7 Å². The van der Waals surface area contributed by atoms with Gasteiger partial charge in [0.15, 0.2) is 12.2 Å². The van der Waals surface area contributed by atoms with Crippen molar-refractivity contribution in [3.05, 3.63) is 0 Å². The van der Waals surface area contributed by atoms with Gasteiger partial charge in [-0.3, -0.25) is 37.3 Å². The molecule has 17 nitrogen and oxygen atoms in total. The third-order valence-corrected chi connectivity index (χ3v) is 21.0. The van der Waals surface area contributed by atoms with E-state index in [0.29, 0.717) is 25.7 Å². The zero-order valence-corrected chi connectivity index (χ0v) is 66.0. The van der Waals surface area contributed by atoms with Crippen molar-refractivity contribution in [1.82, 2.24) is 0 Å². The van der Waals surface area contributed by atoms with Crippen LogP contribution < -0.4 is 0 Å². The van der Waals surface area contributed by atoms with Crippen molar-refractivity contribution < 1.29 is 80.2 Å². The van der Waals surface area contributed by atoms with E-state index in [1.165, 1.54) is 218 Å². The molecule has 0 aliphatic rings. The van der Waals surface area contributed by atoms with Gasteiger partial charge in [-0.2, -0.15) is 0 Å². The first-order chi connectivity index (χ1) is 47.3. The third-order valence-electron chi connectivity index (χ3n) is 19.1.